The van der Waals surface area contributed by atoms with Gasteiger partial charge in [0.25, 0.3) is 0 Å². The molecule has 3 rings (SSSR count). The van der Waals surface area contributed by atoms with Gasteiger partial charge in [0.1, 0.15) is 12.4 Å². The number of piperazine rings is 1. The zero-order chi connectivity index (χ0) is 22.2. The Labute approximate surface area is 186 Å². The van der Waals surface area contributed by atoms with Crippen molar-refractivity contribution in [2.24, 2.45) is 0 Å². The summed E-state index contributed by atoms with van der Waals surface area (Å²) in [7, 11) is 3.43. The van der Waals surface area contributed by atoms with Crippen LogP contribution >= 0.6 is 11.3 Å². The van der Waals surface area contributed by atoms with E-state index in [0.29, 0.717) is 18.7 Å². The monoisotopic (exact) mass is 448 g/mol. The second kappa shape index (κ2) is 11.3. The number of halogens is 1. The molecule has 0 atom stereocenters. The summed E-state index contributed by atoms with van der Waals surface area (Å²) in [6.45, 7) is 5.05. The van der Waals surface area contributed by atoms with Crippen LogP contribution in [0.2, 0.25) is 0 Å². The molecule has 7 nitrogen and oxygen atoms in total. The molecular weight excluding hydrogens is 419 g/mol. The number of methoxy groups -OCH3 is 1. The zero-order valence-corrected chi connectivity index (χ0v) is 18.9. The highest BCUT2D eigenvalue weighted by Crippen LogP contribution is 2.16. The van der Waals surface area contributed by atoms with Gasteiger partial charge in [-0.1, -0.05) is 12.1 Å². The summed E-state index contributed by atoms with van der Waals surface area (Å²) in [5.41, 5.74) is 1.65. The molecule has 31 heavy (non-hydrogen) atoms. The van der Waals surface area contributed by atoms with Gasteiger partial charge in [-0.2, -0.15) is 0 Å². The van der Waals surface area contributed by atoms with E-state index in [1.807, 2.05) is 5.38 Å². The Morgan fingerprint density at radius 2 is 1.90 bits per heavy atom. The molecule has 0 N–H and O–H groups in total. The Balaban J connectivity index is 1.56. The fraction of sp³-hybridized carbons (Fsp3) is 0.500. The molecule has 1 aliphatic rings. The van der Waals surface area contributed by atoms with E-state index in [2.05, 4.69) is 21.8 Å². The summed E-state index contributed by atoms with van der Waals surface area (Å²) in [6, 6.07) is 6.33. The van der Waals surface area contributed by atoms with Crippen LogP contribution in [0.3, 0.4) is 0 Å². The minimum absolute atomic E-state index is 0.0599. The molecule has 0 aliphatic carbocycles. The highest BCUT2D eigenvalue weighted by molar-refractivity contribution is 7.09. The van der Waals surface area contributed by atoms with Gasteiger partial charge in [0.05, 0.1) is 24.2 Å². The number of carbonyl (C=O) groups is 2. The number of esters is 1. The molecule has 1 aliphatic heterocycles. The average molecular weight is 449 g/mol. The molecule has 0 saturated carbocycles. The fourth-order valence-electron chi connectivity index (χ4n) is 3.40. The van der Waals surface area contributed by atoms with Crippen LogP contribution in [0.15, 0.2) is 29.6 Å². The summed E-state index contributed by atoms with van der Waals surface area (Å²) < 4.78 is 17.8. The van der Waals surface area contributed by atoms with E-state index >= 15 is 0 Å². The number of rotatable bonds is 9. The van der Waals surface area contributed by atoms with Crippen molar-refractivity contribution in [3.05, 3.63) is 51.7 Å². The molecule has 1 saturated heterocycles. The first-order valence-corrected chi connectivity index (χ1v) is 11.2. The van der Waals surface area contributed by atoms with Gasteiger partial charge in [0.15, 0.2) is 0 Å². The number of thiazole rings is 1. The summed E-state index contributed by atoms with van der Waals surface area (Å²) in [6.07, 6.45) is 0.730. The Bertz CT molecular complexity index is 866. The van der Waals surface area contributed by atoms with Gasteiger partial charge in [0.2, 0.25) is 5.91 Å². The smallest absolute Gasteiger partial charge is 0.325 e. The maximum atomic E-state index is 13.1. The highest BCUT2D eigenvalue weighted by atomic mass is 32.1. The van der Waals surface area contributed by atoms with Crippen LogP contribution in [0.25, 0.3) is 0 Å². The molecule has 0 unspecified atom stereocenters. The number of amides is 1. The maximum absolute atomic E-state index is 13.1. The summed E-state index contributed by atoms with van der Waals surface area (Å²) in [4.78, 5) is 35.4. The van der Waals surface area contributed by atoms with E-state index < -0.39 is 5.97 Å². The van der Waals surface area contributed by atoms with Gasteiger partial charge in [-0.3, -0.25) is 14.5 Å². The number of hydrogen-bond acceptors (Lipinski definition) is 7. The van der Waals surface area contributed by atoms with Crippen molar-refractivity contribution < 1.29 is 18.7 Å². The Morgan fingerprint density at radius 3 is 2.58 bits per heavy atom. The van der Waals surface area contributed by atoms with Gasteiger partial charge in [0, 0.05) is 51.1 Å². The van der Waals surface area contributed by atoms with Crippen molar-refractivity contribution in [1.29, 1.82) is 0 Å². The fourth-order valence-corrected chi connectivity index (χ4v) is 4.23. The third-order valence-electron chi connectivity index (χ3n) is 5.38. The van der Waals surface area contributed by atoms with E-state index in [1.165, 1.54) is 30.6 Å². The van der Waals surface area contributed by atoms with Gasteiger partial charge in [-0.05, 0) is 24.7 Å². The first kappa shape index (κ1) is 23.3. The predicted octanol–water partition coefficient (Wildman–Crippen LogP) is 1.66. The number of aromatic nitrogens is 1. The highest BCUT2D eigenvalue weighted by Gasteiger charge is 2.21. The molecular formula is C22H29FN4O3S. The van der Waals surface area contributed by atoms with Crippen LogP contribution in [0.1, 0.15) is 16.3 Å². The number of benzene rings is 1. The average Bonchev–Trinajstić information content (AvgIpc) is 3.20. The van der Waals surface area contributed by atoms with Crippen molar-refractivity contribution in [2.45, 2.75) is 12.8 Å². The van der Waals surface area contributed by atoms with Crippen LogP contribution in [0, 0.1) is 5.82 Å². The number of hydrogen-bond donors (Lipinski definition) is 0. The molecule has 9 heteroatoms. The largest absolute Gasteiger partial charge is 0.468 e. The van der Waals surface area contributed by atoms with Crippen molar-refractivity contribution in [1.82, 2.24) is 19.7 Å². The van der Waals surface area contributed by atoms with Gasteiger partial charge in [-0.15, -0.1) is 11.3 Å². The van der Waals surface area contributed by atoms with Gasteiger partial charge in [-0.25, -0.2) is 9.37 Å². The molecule has 168 valence electrons. The Kier molecular flexibility index (Phi) is 8.51. The first-order valence-electron chi connectivity index (χ1n) is 10.4. The molecule has 1 fully saturated rings. The first-order chi connectivity index (χ1) is 14.9. The standard InChI is InChI=1S/C22H29FN4O3S/c1-25-7-9-26(10-8-25)11-12-27(15-22(29)30-2)21(28)14-19-16-31-20(24-19)13-17-3-5-18(23)6-4-17/h3-6,16H,7-15H2,1-2H3. The predicted molar refractivity (Wildman–Crippen MR) is 118 cm³/mol. The van der Waals surface area contributed by atoms with Crippen molar-refractivity contribution in [2.75, 3.05) is 60.0 Å². The number of carbonyl (C=O) groups excluding carboxylic acids is 2. The molecule has 0 bridgehead atoms. The number of ether oxygens (including phenoxy) is 1. The van der Waals surface area contributed by atoms with Crippen LogP contribution in [0.4, 0.5) is 4.39 Å². The van der Waals surface area contributed by atoms with E-state index in [9.17, 15) is 14.0 Å². The Hall–Kier alpha value is -2.36. The summed E-state index contributed by atoms with van der Waals surface area (Å²) in [5.74, 6) is -0.836. The molecule has 2 heterocycles. The SMILES string of the molecule is COC(=O)CN(CCN1CCN(C)CC1)C(=O)Cc1csc(Cc2ccc(F)cc2)n1. The molecule has 1 aromatic heterocycles. The van der Waals surface area contributed by atoms with Crippen LogP contribution in [-0.4, -0.2) is 91.5 Å². The quantitative estimate of drug-likeness (QED) is 0.544. The zero-order valence-electron chi connectivity index (χ0n) is 18.1. The minimum Gasteiger partial charge on any atom is -0.468 e. The lowest BCUT2D eigenvalue weighted by Gasteiger charge is -2.33. The molecule has 0 spiro atoms. The summed E-state index contributed by atoms with van der Waals surface area (Å²) >= 11 is 1.48. The maximum Gasteiger partial charge on any atom is 0.325 e. The van der Waals surface area contributed by atoms with E-state index in [1.54, 1.807) is 17.0 Å². The van der Waals surface area contributed by atoms with Gasteiger partial charge < -0.3 is 14.5 Å². The van der Waals surface area contributed by atoms with Crippen LogP contribution < -0.4 is 0 Å². The van der Waals surface area contributed by atoms with E-state index in [-0.39, 0.29) is 24.7 Å². The minimum atomic E-state index is -0.429. The van der Waals surface area contributed by atoms with Gasteiger partial charge >= 0.3 is 5.97 Å². The topological polar surface area (TPSA) is 66.0 Å². The second-order valence-electron chi connectivity index (χ2n) is 7.75. The van der Waals surface area contributed by atoms with Crippen molar-refractivity contribution in [3.63, 3.8) is 0 Å². The van der Waals surface area contributed by atoms with Crippen molar-refractivity contribution >= 4 is 23.2 Å². The van der Waals surface area contributed by atoms with E-state index in [0.717, 1.165) is 43.3 Å². The van der Waals surface area contributed by atoms with Crippen LogP contribution in [-0.2, 0) is 27.2 Å². The molecule has 2 aromatic rings. The third-order valence-corrected chi connectivity index (χ3v) is 6.28. The lowest BCUT2D eigenvalue weighted by molar-refractivity contribution is -0.147. The normalized spacial score (nSPS) is 15.1. The van der Waals surface area contributed by atoms with E-state index in [4.69, 9.17) is 4.74 Å². The third kappa shape index (κ3) is 7.37. The molecule has 1 aromatic carbocycles. The van der Waals surface area contributed by atoms with Crippen molar-refractivity contribution in [3.8, 4) is 0 Å². The number of likely N-dealkylation sites (N-methyl/N-ethyl adjacent to an activating group) is 1. The lowest BCUT2D eigenvalue weighted by atomic mass is 10.1. The molecule has 0 radical (unpaired) electrons. The molecule has 1 amide bonds. The Morgan fingerprint density at radius 1 is 1.19 bits per heavy atom. The van der Waals surface area contributed by atoms with Crippen LogP contribution in [0.5, 0.6) is 0 Å². The second-order valence-corrected chi connectivity index (χ2v) is 8.69. The lowest BCUT2D eigenvalue weighted by Crippen LogP contribution is -2.48. The summed E-state index contributed by atoms with van der Waals surface area (Å²) in [5, 5.41) is 2.74. The number of nitrogens with zero attached hydrogens (tertiary/aromatic N) is 4.